The average Bonchev–Trinajstić information content (AvgIpc) is 2.72. The fraction of sp³-hybridized carbons (Fsp3) is 0.435. The molecule has 0 aliphatic carbocycles. The third-order valence-corrected chi connectivity index (χ3v) is 5.69. The molecular weight excluding hydrogens is 354 g/mol. The topological polar surface area (TPSA) is 59.0 Å². The zero-order valence-electron chi connectivity index (χ0n) is 16.3. The molecule has 0 unspecified atom stereocenters. The van der Waals surface area contributed by atoms with Crippen LogP contribution in [0.5, 0.6) is 17.2 Å². The number of phenols is 1. The van der Waals surface area contributed by atoms with Crippen molar-refractivity contribution in [1.29, 1.82) is 0 Å². The van der Waals surface area contributed by atoms with Crippen LogP contribution in [0.3, 0.4) is 0 Å². The predicted molar refractivity (Wildman–Crippen MR) is 107 cm³/mol. The van der Waals surface area contributed by atoms with Gasteiger partial charge in [0, 0.05) is 12.6 Å². The lowest BCUT2D eigenvalue weighted by molar-refractivity contribution is 0.0690. The lowest BCUT2D eigenvalue weighted by Gasteiger charge is -2.31. The summed E-state index contributed by atoms with van der Waals surface area (Å²) in [7, 11) is 0. The number of carbonyl (C=O) groups excluding carboxylic acids is 1. The number of hydrogen-bond donors (Lipinski definition) is 1. The number of nitrogens with zero attached hydrogens (tertiary/aromatic N) is 1. The average molecular weight is 381 g/mol. The molecule has 5 heteroatoms. The van der Waals surface area contributed by atoms with Crippen LogP contribution in [0, 0.1) is 5.92 Å². The van der Waals surface area contributed by atoms with Crippen LogP contribution in [0.2, 0.25) is 0 Å². The molecule has 4 rings (SSSR count). The lowest BCUT2D eigenvalue weighted by Crippen LogP contribution is -2.33. The first-order valence-electron chi connectivity index (χ1n) is 10.1. The maximum atomic E-state index is 12.7. The largest absolute Gasteiger partial charge is 0.508 e. The van der Waals surface area contributed by atoms with Gasteiger partial charge in [0.1, 0.15) is 30.0 Å². The Labute approximate surface area is 165 Å². The number of piperidine rings is 1. The minimum atomic E-state index is -0.371. The lowest BCUT2D eigenvalue weighted by atomic mass is 9.87. The van der Waals surface area contributed by atoms with Crippen molar-refractivity contribution in [1.82, 2.24) is 4.90 Å². The van der Waals surface area contributed by atoms with Crippen molar-refractivity contribution in [3.05, 3.63) is 53.6 Å². The molecule has 148 valence electrons. The molecule has 2 atom stereocenters. The number of benzene rings is 2. The van der Waals surface area contributed by atoms with Crippen molar-refractivity contribution in [2.45, 2.75) is 32.3 Å². The second-order valence-corrected chi connectivity index (χ2v) is 7.69. The fourth-order valence-electron chi connectivity index (χ4n) is 4.02. The number of likely N-dealkylation sites (tertiary alicyclic amines) is 1. The Morgan fingerprint density at radius 3 is 2.61 bits per heavy atom. The number of Topliss-reactive ketones (excluding diaryl/α,β-unsaturated/α-hetero) is 1. The molecule has 0 radical (unpaired) electrons. The molecule has 5 nitrogen and oxygen atoms in total. The molecule has 2 aromatic rings. The SMILES string of the molecule is C[C@H]1C(=O)c2ccc(O)cc2O[C@@H]1c1ccc(OCCN2CCCCC2)cc1. The zero-order chi connectivity index (χ0) is 19.5. The van der Waals surface area contributed by atoms with Gasteiger partial charge < -0.3 is 14.6 Å². The highest BCUT2D eigenvalue weighted by Gasteiger charge is 2.35. The van der Waals surface area contributed by atoms with Crippen molar-refractivity contribution in [3.8, 4) is 17.2 Å². The Balaban J connectivity index is 1.40. The van der Waals surface area contributed by atoms with Crippen LogP contribution in [-0.4, -0.2) is 42.0 Å². The summed E-state index contributed by atoms with van der Waals surface area (Å²) in [6.45, 7) is 5.86. The number of carbonyl (C=O) groups is 1. The van der Waals surface area contributed by atoms with Crippen molar-refractivity contribution in [3.63, 3.8) is 0 Å². The van der Waals surface area contributed by atoms with Gasteiger partial charge in [-0.05, 0) is 55.8 Å². The van der Waals surface area contributed by atoms with E-state index in [4.69, 9.17) is 9.47 Å². The van der Waals surface area contributed by atoms with Crippen LogP contribution < -0.4 is 9.47 Å². The number of rotatable bonds is 5. The first-order valence-corrected chi connectivity index (χ1v) is 10.1. The van der Waals surface area contributed by atoms with Gasteiger partial charge in [0.2, 0.25) is 0 Å². The second-order valence-electron chi connectivity index (χ2n) is 7.69. The first-order chi connectivity index (χ1) is 13.6. The highest BCUT2D eigenvalue weighted by Crippen LogP contribution is 2.40. The molecule has 0 spiro atoms. The van der Waals surface area contributed by atoms with Gasteiger partial charge in [-0.15, -0.1) is 0 Å². The molecule has 0 saturated carbocycles. The summed E-state index contributed by atoms with van der Waals surface area (Å²) >= 11 is 0. The number of aromatic hydroxyl groups is 1. The van der Waals surface area contributed by atoms with E-state index >= 15 is 0 Å². The molecular formula is C23H27NO4. The van der Waals surface area contributed by atoms with Gasteiger partial charge in [-0.1, -0.05) is 25.5 Å². The number of hydrogen-bond acceptors (Lipinski definition) is 5. The monoisotopic (exact) mass is 381 g/mol. The second kappa shape index (κ2) is 8.23. The Bertz CT molecular complexity index is 827. The van der Waals surface area contributed by atoms with E-state index < -0.39 is 0 Å². The molecule has 0 bridgehead atoms. The molecule has 1 fully saturated rings. The molecule has 28 heavy (non-hydrogen) atoms. The van der Waals surface area contributed by atoms with Gasteiger partial charge in [-0.3, -0.25) is 9.69 Å². The summed E-state index contributed by atoms with van der Waals surface area (Å²) < 4.78 is 11.9. The first kappa shape index (κ1) is 18.8. The van der Waals surface area contributed by atoms with E-state index in [1.165, 1.54) is 44.5 Å². The minimum Gasteiger partial charge on any atom is -0.508 e. The van der Waals surface area contributed by atoms with Crippen molar-refractivity contribution >= 4 is 5.78 Å². The summed E-state index contributed by atoms with van der Waals surface area (Å²) in [4.78, 5) is 15.1. The van der Waals surface area contributed by atoms with Gasteiger partial charge >= 0.3 is 0 Å². The number of ketones is 1. The highest BCUT2D eigenvalue weighted by atomic mass is 16.5. The van der Waals surface area contributed by atoms with Crippen molar-refractivity contribution in [2.75, 3.05) is 26.2 Å². The Kier molecular flexibility index (Phi) is 5.53. The van der Waals surface area contributed by atoms with E-state index in [9.17, 15) is 9.90 Å². The molecule has 0 amide bonds. The molecule has 2 aliphatic heterocycles. The Hall–Kier alpha value is -2.53. The highest BCUT2D eigenvalue weighted by molar-refractivity contribution is 6.01. The van der Waals surface area contributed by atoms with Gasteiger partial charge in [0.15, 0.2) is 5.78 Å². The molecule has 2 aliphatic rings. The van der Waals surface area contributed by atoms with Crippen LogP contribution in [0.4, 0.5) is 0 Å². The van der Waals surface area contributed by atoms with Crippen LogP contribution in [0.25, 0.3) is 0 Å². The number of phenolic OH excluding ortho intramolecular Hbond substituents is 1. The molecule has 2 aromatic carbocycles. The number of ether oxygens (including phenoxy) is 2. The van der Waals surface area contributed by atoms with Gasteiger partial charge in [-0.25, -0.2) is 0 Å². The van der Waals surface area contributed by atoms with E-state index in [-0.39, 0.29) is 23.6 Å². The third kappa shape index (κ3) is 3.99. The van der Waals surface area contributed by atoms with Gasteiger partial charge in [-0.2, -0.15) is 0 Å². The van der Waals surface area contributed by atoms with Crippen molar-refractivity contribution in [2.24, 2.45) is 5.92 Å². The molecule has 2 heterocycles. The van der Waals surface area contributed by atoms with Crippen LogP contribution >= 0.6 is 0 Å². The molecule has 1 N–H and O–H groups in total. The number of fused-ring (bicyclic) bond motifs is 1. The summed E-state index contributed by atoms with van der Waals surface area (Å²) in [5, 5.41) is 9.70. The third-order valence-electron chi connectivity index (χ3n) is 5.69. The van der Waals surface area contributed by atoms with Crippen molar-refractivity contribution < 1.29 is 19.4 Å². The molecule has 1 saturated heterocycles. The summed E-state index contributed by atoms with van der Waals surface area (Å²) in [6, 6.07) is 12.4. The van der Waals surface area contributed by atoms with Gasteiger partial charge in [0.05, 0.1) is 11.5 Å². The summed E-state index contributed by atoms with van der Waals surface area (Å²) in [5.41, 5.74) is 1.46. The van der Waals surface area contributed by atoms with E-state index in [0.717, 1.165) is 17.9 Å². The van der Waals surface area contributed by atoms with E-state index in [2.05, 4.69) is 4.90 Å². The summed E-state index contributed by atoms with van der Waals surface area (Å²) in [5.74, 6) is 1.11. The van der Waals surface area contributed by atoms with Crippen LogP contribution in [-0.2, 0) is 0 Å². The van der Waals surface area contributed by atoms with E-state index in [0.29, 0.717) is 17.9 Å². The maximum absolute atomic E-state index is 12.7. The van der Waals surface area contributed by atoms with Crippen LogP contribution in [0.1, 0.15) is 48.2 Å². The minimum absolute atomic E-state index is 0.0353. The quantitative estimate of drug-likeness (QED) is 0.841. The summed E-state index contributed by atoms with van der Waals surface area (Å²) in [6.07, 6.45) is 3.54. The van der Waals surface area contributed by atoms with Crippen LogP contribution in [0.15, 0.2) is 42.5 Å². The Morgan fingerprint density at radius 2 is 1.86 bits per heavy atom. The maximum Gasteiger partial charge on any atom is 0.173 e. The van der Waals surface area contributed by atoms with E-state index in [1.807, 2.05) is 31.2 Å². The predicted octanol–water partition coefficient (Wildman–Crippen LogP) is 4.21. The fourth-order valence-corrected chi connectivity index (χ4v) is 4.02. The zero-order valence-corrected chi connectivity index (χ0v) is 16.3. The van der Waals surface area contributed by atoms with E-state index in [1.54, 1.807) is 6.07 Å². The smallest absolute Gasteiger partial charge is 0.173 e. The normalized spacial score (nSPS) is 22.4. The standard InChI is InChI=1S/C23H27NO4/c1-16-22(26)20-10-7-18(25)15-21(20)28-23(16)17-5-8-19(9-6-17)27-14-13-24-11-3-2-4-12-24/h5-10,15-16,23,25H,2-4,11-14H2,1H3/t16-,23-/m0/s1. The van der Waals surface area contributed by atoms with Gasteiger partial charge in [0.25, 0.3) is 0 Å². The molecule has 0 aromatic heterocycles. The Morgan fingerprint density at radius 1 is 1.11 bits per heavy atom.